The number of hydrogen-bond acceptors (Lipinski definition) is 1. The summed E-state index contributed by atoms with van der Waals surface area (Å²) in [6.45, 7) is 0. The van der Waals surface area contributed by atoms with Gasteiger partial charge in [-0.15, -0.1) is 0 Å². The number of ether oxygens (including phenoxy) is 1. The molecule has 0 aromatic heterocycles. The van der Waals surface area contributed by atoms with E-state index < -0.39 is 46.1 Å². The van der Waals surface area contributed by atoms with Crippen molar-refractivity contribution < 1.29 is 31.1 Å². The SMILES string of the molecule is COC1=C(C(F)(F)F)C(c2ccc(F)c(F)c2F)=CC[CH]1. The first-order chi connectivity index (χ1) is 9.77. The number of halogens is 6. The monoisotopic (exact) mass is 307 g/mol. The normalized spacial score (nSPS) is 16.0. The average Bonchev–Trinajstić information content (AvgIpc) is 2.43. The van der Waals surface area contributed by atoms with Crippen molar-refractivity contribution in [3.8, 4) is 0 Å². The quantitative estimate of drug-likeness (QED) is 0.575. The molecule has 1 nitrogen and oxygen atoms in total. The minimum atomic E-state index is -4.83. The molecule has 0 amide bonds. The second kappa shape index (κ2) is 5.46. The number of rotatable bonds is 2. The van der Waals surface area contributed by atoms with Crippen molar-refractivity contribution in [3.05, 3.63) is 59.0 Å². The van der Waals surface area contributed by atoms with E-state index >= 15 is 0 Å². The molecule has 0 heterocycles. The molecule has 0 saturated heterocycles. The van der Waals surface area contributed by atoms with Crippen molar-refractivity contribution in [1.29, 1.82) is 0 Å². The van der Waals surface area contributed by atoms with Crippen molar-refractivity contribution in [2.24, 2.45) is 0 Å². The van der Waals surface area contributed by atoms with Crippen molar-refractivity contribution in [3.63, 3.8) is 0 Å². The van der Waals surface area contributed by atoms with Gasteiger partial charge in [0.25, 0.3) is 0 Å². The van der Waals surface area contributed by atoms with Crippen LogP contribution in [-0.4, -0.2) is 13.3 Å². The molecule has 1 radical (unpaired) electrons. The third-order valence-corrected chi connectivity index (χ3v) is 2.97. The number of benzene rings is 1. The summed E-state index contributed by atoms with van der Waals surface area (Å²) < 4.78 is 83.9. The fourth-order valence-electron chi connectivity index (χ4n) is 2.08. The molecule has 21 heavy (non-hydrogen) atoms. The summed E-state index contributed by atoms with van der Waals surface area (Å²) in [7, 11) is 1.04. The van der Waals surface area contributed by atoms with Crippen molar-refractivity contribution >= 4 is 5.57 Å². The molecule has 0 saturated carbocycles. The molecule has 1 aromatic carbocycles. The minimum Gasteiger partial charge on any atom is -0.500 e. The first-order valence-electron chi connectivity index (χ1n) is 5.80. The molecule has 0 spiro atoms. The van der Waals surface area contributed by atoms with Gasteiger partial charge >= 0.3 is 6.18 Å². The molecule has 0 bridgehead atoms. The fourth-order valence-corrected chi connectivity index (χ4v) is 2.08. The van der Waals surface area contributed by atoms with Crippen LogP contribution in [0.1, 0.15) is 12.0 Å². The molecule has 0 unspecified atom stereocenters. The van der Waals surface area contributed by atoms with Gasteiger partial charge in [0.05, 0.1) is 7.11 Å². The second-order valence-corrected chi connectivity index (χ2v) is 4.22. The lowest BCUT2D eigenvalue weighted by Crippen LogP contribution is -2.20. The van der Waals surface area contributed by atoms with Crippen LogP contribution in [0.5, 0.6) is 0 Å². The maximum atomic E-state index is 13.7. The smallest absolute Gasteiger partial charge is 0.420 e. The topological polar surface area (TPSA) is 9.23 Å². The highest BCUT2D eigenvalue weighted by atomic mass is 19.4. The summed E-state index contributed by atoms with van der Waals surface area (Å²) in [6, 6.07) is 1.34. The molecule has 0 atom stereocenters. The van der Waals surface area contributed by atoms with Gasteiger partial charge in [-0.3, -0.25) is 0 Å². The van der Waals surface area contributed by atoms with E-state index in [1.54, 1.807) is 0 Å². The predicted molar refractivity (Wildman–Crippen MR) is 63.3 cm³/mol. The van der Waals surface area contributed by atoms with E-state index in [-0.39, 0.29) is 6.42 Å². The Morgan fingerprint density at radius 1 is 1.05 bits per heavy atom. The zero-order valence-electron chi connectivity index (χ0n) is 10.7. The third-order valence-electron chi connectivity index (χ3n) is 2.97. The van der Waals surface area contributed by atoms with Crippen LogP contribution in [0.15, 0.2) is 29.5 Å². The van der Waals surface area contributed by atoms with Gasteiger partial charge < -0.3 is 4.74 Å². The van der Waals surface area contributed by atoms with Crippen LogP contribution in [0.3, 0.4) is 0 Å². The van der Waals surface area contributed by atoms with E-state index in [9.17, 15) is 26.3 Å². The Balaban J connectivity index is 2.65. The highest BCUT2D eigenvalue weighted by Gasteiger charge is 2.42. The summed E-state index contributed by atoms with van der Waals surface area (Å²) >= 11 is 0. The number of alkyl halides is 3. The maximum absolute atomic E-state index is 13.7. The Bertz CT molecular complexity index is 627. The minimum absolute atomic E-state index is 0.0521. The molecule has 1 aromatic rings. The summed E-state index contributed by atoms with van der Waals surface area (Å²) in [5, 5.41) is 0. The van der Waals surface area contributed by atoms with E-state index in [4.69, 9.17) is 0 Å². The average molecular weight is 307 g/mol. The van der Waals surface area contributed by atoms with Crippen molar-refractivity contribution in [1.82, 2.24) is 0 Å². The van der Waals surface area contributed by atoms with Crippen molar-refractivity contribution in [2.45, 2.75) is 12.6 Å². The van der Waals surface area contributed by atoms with Gasteiger partial charge in [-0.1, -0.05) is 6.08 Å². The molecule has 7 heteroatoms. The molecule has 0 N–H and O–H groups in total. The maximum Gasteiger partial charge on any atom is 0.420 e. The number of methoxy groups -OCH3 is 1. The van der Waals surface area contributed by atoms with E-state index in [1.165, 1.54) is 6.42 Å². The summed E-state index contributed by atoms with van der Waals surface area (Å²) in [5.74, 6) is -5.43. The van der Waals surface area contributed by atoms with Crippen LogP contribution in [0.25, 0.3) is 5.57 Å². The van der Waals surface area contributed by atoms with Crippen LogP contribution in [0.2, 0.25) is 0 Å². The molecular weight excluding hydrogens is 298 g/mol. The predicted octanol–water partition coefficient (Wildman–Crippen LogP) is 4.56. The largest absolute Gasteiger partial charge is 0.500 e. The Morgan fingerprint density at radius 3 is 2.29 bits per heavy atom. The Morgan fingerprint density at radius 2 is 1.71 bits per heavy atom. The molecule has 1 aliphatic carbocycles. The molecule has 0 fully saturated rings. The Kier molecular flexibility index (Phi) is 4.02. The van der Waals surface area contributed by atoms with Crippen LogP contribution in [0, 0.1) is 23.9 Å². The van der Waals surface area contributed by atoms with Gasteiger partial charge in [0.15, 0.2) is 17.5 Å². The molecule has 0 aliphatic heterocycles. The van der Waals surface area contributed by atoms with Gasteiger partial charge in [0.2, 0.25) is 0 Å². The van der Waals surface area contributed by atoms with Gasteiger partial charge in [-0.25, -0.2) is 13.2 Å². The van der Waals surface area contributed by atoms with Crippen LogP contribution >= 0.6 is 0 Å². The number of allylic oxidation sites excluding steroid dienone is 4. The lowest BCUT2D eigenvalue weighted by molar-refractivity contribution is -0.0901. The first kappa shape index (κ1) is 15.5. The Hall–Kier alpha value is -1.92. The zero-order valence-corrected chi connectivity index (χ0v) is 10.7. The zero-order chi connectivity index (χ0) is 15.8. The molecule has 113 valence electrons. The van der Waals surface area contributed by atoms with Crippen molar-refractivity contribution in [2.75, 3.05) is 7.11 Å². The van der Waals surface area contributed by atoms with Crippen LogP contribution in [0.4, 0.5) is 26.3 Å². The highest BCUT2D eigenvalue weighted by molar-refractivity contribution is 5.83. The number of hydrogen-bond donors (Lipinski definition) is 0. The van der Waals surface area contributed by atoms with E-state index in [0.717, 1.165) is 19.3 Å². The van der Waals surface area contributed by atoms with Gasteiger partial charge in [0.1, 0.15) is 11.3 Å². The Labute approximate surface area is 116 Å². The molecule has 1 aliphatic rings. The summed E-state index contributed by atoms with van der Waals surface area (Å²) in [4.78, 5) is 0. The van der Waals surface area contributed by atoms with Gasteiger partial charge in [0, 0.05) is 12.0 Å². The summed E-state index contributed by atoms with van der Waals surface area (Å²) in [5.41, 5.74) is -2.46. The van der Waals surface area contributed by atoms with E-state index in [0.29, 0.717) is 6.07 Å². The van der Waals surface area contributed by atoms with Gasteiger partial charge in [-0.05, 0) is 24.1 Å². The van der Waals surface area contributed by atoms with E-state index in [1.807, 2.05) is 0 Å². The lowest BCUT2D eigenvalue weighted by atomic mass is 9.89. The molecular formula is C14H9F6O. The second-order valence-electron chi connectivity index (χ2n) is 4.22. The standard InChI is InChI=1S/C14H9F6O/c1-21-10-4-2-3-7(11(10)14(18,19)20)8-5-6-9(15)13(17)12(8)16/h3-6H,2H2,1H3. The van der Waals surface area contributed by atoms with Gasteiger partial charge in [-0.2, -0.15) is 13.2 Å². The van der Waals surface area contributed by atoms with E-state index in [2.05, 4.69) is 4.74 Å². The fraction of sp³-hybridized carbons (Fsp3) is 0.214. The lowest BCUT2D eigenvalue weighted by Gasteiger charge is -2.23. The first-order valence-corrected chi connectivity index (χ1v) is 5.80. The van der Waals surface area contributed by atoms with Crippen LogP contribution < -0.4 is 0 Å². The highest BCUT2D eigenvalue weighted by Crippen LogP contribution is 2.43. The summed E-state index contributed by atoms with van der Waals surface area (Å²) in [6.07, 6.45) is -2.52. The molecule has 2 rings (SSSR count). The third kappa shape index (κ3) is 2.77. The van der Waals surface area contributed by atoms with Crippen LogP contribution in [-0.2, 0) is 4.74 Å².